The van der Waals surface area contributed by atoms with Crippen molar-refractivity contribution < 1.29 is 41.5 Å². The second kappa shape index (κ2) is 11.5. The Bertz CT molecular complexity index is 2180. The molecule has 8 heterocycles. The lowest BCUT2D eigenvalue weighted by molar-refractivity contribution is -0.0481. The first kappa shape index (κ1) is 31.7. The van der Waals surface area contributed by atoms with Gasteiger partial charge in [0.25, 0.3) is 5.56 Å². The molecule has 5 aromatic rings. The third-order valence-electron chi connectivity index (χ3n) is 7.89. The number of hydrogen-bond donors (Lipinski definition) is 5. The number of H-pyrrole nitrogens is 1. The summed E-state index contributed by atoms with van der Waals surface area (Å²) in [7, 11) is 0. The first-order valence-corrected chi connectivity index (χ1v) is 20.0. The largest absolute Gasteiger partial charge is 0.387 e. The number of aromatic nitrogens is 9. The van der Waals surface area contributed by atoms with Crippen LogP contribution in [0.4, 0.5) is 10.2 Å². The van der Waals surface area contributed by atoms with Crippen LogP contribution in [-0.2, 0) is 32.0 Å². The number of nitrogens with zero attached hydrogens (tertiary/aromatic N) is 8. The van der Waals surface area contributed by atoms with Gasteiger partial charge in [-0.25, -0.2) is 33.5 Å². The van der Waals surface area contributed by atoms with Crippen molar-refractivity contribution in [2.75, 3.05) is 18.9 Å². The number of nitrogen functional groups attached to an aromatic ring is 1. The molecule has 0 radical (unpaired) electrons. The Morgan fingerprint density at radius 1 is 1.02 bits per heavy atom. The molecule has 2 bridgehead atoms. The van der Waals surface area contributed by atoms with E-state index < -0.39 is 79.8 Å². The van der Waals surface area contributed by atoms with Crippen molar-refractivity contribution in [1.82, 2.24) is 43.4 Å². The molecule has 0 aromatic carbocycles. The SMILES string of the molecule is Nc1ncnc2c1ncn2[C@@H]1S[C@@H]2COP(=O)(S)O[C@H]3[C@H](F)[C@@H](COP(=O)(S)O[C@@H]2[C@@H]1O)O[C@H]3n1cnc2c(=O)n3cc[nH]c3nc21. The molecule has 19 nitrogen and oxygen atoms in total. The summed E-state index contributed by atoms with van der Waals surface area (Å²) < 4.78 is 75.5. The van der Waals surface area contributed by atoms with Gasteiger partial charge in [0.05, 0.1) is 31.1 Å². The first-order chi connectivity index (χ1) is 22.4. The van der Waals surface area contributed by atoms with Gasteiger partial charge in [0.15, 0.2) is 35.0 Å². The minimum absolute atomic E-state index is 0.0216. The monoisotopic (exact) mass is 748 g/mol. The van der Waals surface area contributed by atoms with E-state index >= 15 is 4.39 Å². The van der Waals surface area contributed by atoms with E-state index in [1.54, 1.807) is 0 Å². The molecule has 3 fully saturated rings. The molecule has 0 saturated carbocycles. The summed E-state index contributed by atoms with van der Waals surface area (Å²) in [6.45, 7) is -9.80. The molecular weight excluding hydrogens is 725 g/mol. The van der Waals surface area contributed by atoms with Gasteiger partial charge in [-0.1, -0.05) is 24.5 Å². The van der Waals surface area contributed by atoms with Gasteiger partial charge in [-0.05, 0) is 0 Å². The molecule has 3 aliphatic heterocycles. The predicted molar refractivity (Wildman–Crippen MR) is 169 cm³/mol. The summed E-state index contributed by atoms with van der Waals surface area (Å²) in [4.78, 5) is 36.6. The van der Waals surface area contributed by atoms with Gasteiger partial charge in [0.2, 0.25) is 5.78 Å². The Morgan fingerprint density at radius 3 is 2.55 bits per heavy atom. The highest BCUT2D eigenvalue weighted by Gasteiger charge is 2.53. The highest BCUT2D eigenvalue weighted by atomic mass is 32.7. The fourth-order valence-electron chi connectivity index (χ4n) is 5.73. The van der Waals surface area contributed by atoms with Gasteiger partial charge in [-0.15, -0.1) is 11.8 Å². The smallest absolute Gasteiger partial charge is 0.386 e. The second-order valence-corrected chi connectivity index (χ2v) is 17.8. The standard InChI is InChI=1S/C22H23FN10O9P2S3/c23-10-8-3-38-43(36,45)41-14-9(47-21(13(14)34)33-7-28-11-16(24)26-5-27-17(11)33)4-39-44(37,46)42-15(10)20(40-8)32-6-29-12-18(32)30-22-25-1-2-31(22)19(12)35/h1-2,5-10,13-15,20-21,34H,3-4H2,(H,25,30)(H,36,45)(H,37,46)(H2,24,26,27)/t8-,9-,10-,13+,14+,15+,20-,21-,43?,44?/m1/s1. The number of aliphatic hydroxyl groups excluding tert-OH is 1. The maximum atomic E-state index is 16.0. The van der Waals surface area contributed by atoms with Crippen molar-refractivity contribution >= 4 is 83.8 Å². The third-order valence-corrected chi connectivity index (χ3v) is 12.7. The number of ether oxygens (including phenoxy) is 1. The zero-order chi connectivity index (χ0) is 32.8. The van der Waals surface area contributed by atoms with Crippen LogP contribution in [0.2, 0.25) is 0 Å². The summed E-state index contributed by atoms with van der Waals surface area (Å²) in [6, 6.07) is 0. The van der Waals surface area contributed by atoms with Gasteiger partial charge in [-0.2, -0.15) is 4.98 Å². The average molecular weight is 749 g/mol. The molecule has 8 rings (SSSR count). The summed E-state index contributed by atoms with van der Waals surface area (Å²) >= 11 is 9.29. The van der Waals surface area contributed by atoms with Crippen molar-refractivity contribution in [3.8, 4) is 0 Å². The number of nitrogens with one attached hydrogen (secondary N) is 1. The van der Waals surface area contributed by atoms with E-state index in [4.69, 9.17) is 28.6 Å². The second-order valence-electron chi connectivity index (χ2n) is 10.7. The summed E-state index contributed by atoms with van der Waals surface area (Å²) in [5.41, 5.74) is 5.99. The number of aromatic amines is 1. The Balaban J connectivity index is 1.12. The van der Waals surface area contributed by atoms with Gasteiger partial charge < -0.3 is 20.6 Å². The number of halogens is 1. The number of thioether (sulfide) groups is 1. The first-order valence-electron chi connectivity index (χ1n) is 13.7. The average Bonchev–Trinajstić information content (AvgIpc) is 3.85. The topological polar surface area (TPSA) is 238 Å². The van der Waals surface area contributed by atoms with Crippen LogP contribution < -0.4 is 11.3 Å². The van der Waals surface area contributed by atoms with Crippen LogP contribution >= 0.6 is 49.9 Å². The normalized spacial score (nSPS) is 36.8. The van der Waals surface area contributed by atoms with Gasteiger partial charge in [0.1, 0.15) is 41.6 Å². The lowest BCUT2D eigenvalue weighted by Gasteiger charge is -2.27. The lowest BCUT2D eigenvalue weighted by atomic mass is 10.1. The molecule has 47 heavy (non-hydrogen) atoms. The molecular formula is C22H23FN10O9P2S3. The van der Waals surface area contributed by atoms with Crippen LogP contribution in [0.15, 0.2) is 36.2 Å². The Kier molecular flexibility index (Phi) is 7.76. The molecule has 10 atom stereocenters. The van der Waals surface area contributed by atoms with Gasteiger partial charge in [0, 0.05) is 12.4 Å². The molecule has 0 amide bonds. The fourth-order valence-corrected chi connectivity index (χ4v) is 10.4. The maximum Gasteiger partial charge on any atom is 0.386 e. The van der Waals surface area contributed by atoms with Crippen LogP contribution in [0.25, 0.3) is 28.1 Å². The number of alkyl halides is 1. The van der Waals surface area contributed by atoms with Crippen molar-refractivity contribution in [3.05, 3.63) is 41.7 Å². The van der Waals surface area contributed by atoms with Crippen LogP contribution in [0, 0.1) is 0 Å². The van der Waals surface area contributed by atoms with E-state index in [2.05, 4.69) is 54.4 Å². The zero-order valence-corrected chi connectivity index (χ0v) is 27.8. The van der Waals surface area contributed by atoms with E-state index in [-0.39, 0.29) is 22.8 Å². The quantitative estimate of drug-likeness (QED) is 0.128. The van der Waals surface area contributed by atoms with Crippen molar-refractivity contribution in [1.29, 1.82) is 0 Å². The predicted octanol–water partition coefficient (Wildman–Crippen LogP) is 1.90. The highest BCUT2D eigenvalue weighted by Crippen LogP contribution is 2.61. The maximum absolute atomic E-state index is 16.0. The number of imidazole rings is 3. The van der Waals surface area contributed by atoms with E-state index in [0.717, 1.165) is 11.8 Å². The van der Waals surface area contributed by atoms with E-state index in [0.29, 0.717) is 11.2 Å². The van der Waals surface area contributed by atoms with Gasteiger partial charge >= 0.3 is 13.6 Å². The van der Waals surface area contributed by atoms with E-state index in [9.17, 15) is 19.0 Å². The van der Waals surface area contributed by atoms with Crippen molar-refractivity contribution in [2.24, 2.45) is 0 Å². The molecule has 5 aromatic heterocycles. The number of rotatable bonds is 2. The number of hydrogen-bond acceptors (Lipinski definition) is 16. The molecule has 25 heteroatoms. The molecule has 0 spiro atoms. The Hall–Kier alpha value is -2.56. The van der Waals surface area contributed by atoms with Gasteiger partial charge in [-0.3, -0.25) is 36.4 Å². The summed E-state index contributed by atoms with van der Waals surface area (Å²) in [5, 5.41) is 9.69. The summed E-state index contributed by atoms with van der Waals surface area (Å²) in [5.74, 6) is 0.305. The van der Waals surface area contributed by atoms with Crippen LogP contribution in [0.5, 0.6) is 0 Å². The van der Waals surface area contributed by atoms with E-state index in [1.807, 2.05) is 0 Å². The fraction of sp³-hybridized carbons (Fsp3) is 0.455. The minimum atomic E-state index is -4.39. The Labute approximate surface area is 276 Å². The molecule has 3 saturated heterocycles. The van der Waals surface area contributed by atoms with Crippen molar-refractivity contribution in [3.63, 3.8) is 0 Å². The molecule has 3 aliphatic rings. The van der Waals surface area contributed by atoms with Crippen LogP contribution in [-0.4, -0.2) is 97.6 Å². The molecule has 0 aliphatic carbocycles. The zero-order valence-electron chi connectivity index (χ0n) is 23.4. The number of nitrogens with two attached hydrogens (primary N) is 1. The molecule has 2 unspecified atom stereocenters. The minimum Gasteiger partial charge on any atom is -0.387 e. The number of aliphatic hydroxyl groups is 1. The van der Waals surface area contributed by atoms with Crippen LogP contribution in [0.3, 0.4) is 0 Å². The van der Waals surface area contributed by atoms with E-state index in [1.165, 1.54) is 44.9 Å². The van der Waals surface area contributed by atoms with Crippen molar-refractivity contribution in [2.45, 2.75) is 47.4 Å². The number of thiol groups is 2. The third kappa shape index (κ3) is 5.41. The number of fused-ring (bicyclic) bond motifs is 6. The molecule has 4 N–H and O–H groups in total. The lowest BCUT2D eigenvalue weighted by Crippen LogP contribution is -2.35. The Morgan fingerprint density at radius 2 is 1.74 bits per heavy atom. The summed E-state index contributed by atoms with van der Waals surface area (Å²) in [6.07, 6.45) is -2.38. The number of anilines is 1. The highest BCUT2D eigenvalue weighted by molar-refractivity contribution is 8.44. The molecule has 250 valence electrons. The van der Waals surface area contributed by atoms with Crippen LogP contribution in [0.1, 0.15) is 11.6 Å².